The van der Waals surface area contributed by atoms with Gasteiger partial charge in [-0.25, -0.2) is 4.39 Å². The smallest absolute Gasteiger partial charge is 0.306 e. The number of rotatable bonds is 2. The number of amides is 1. The van der Waals surface area contributed by atoms with E-state index in [0.29, 0.717) is 12.8 Å². The van der Waals surface area contributed by atoms with Gasteiger partial charge in [-0.05, 0) is 31.9 Å². The van der Waals surface area contributed by atoms with E-state index < -0.39 is 29.4 Å². The Hall–Kier alpha value is -2.11. The highest BCUT2D eigenvalue weighted by atomic mass is 19.1. The molecule has 6 heteroatoms. The number of aliphatic carboxylic acids is 1. The lowest BCUT2D eigenvalue weighted by molar-refractivity contribution is -0.143. The van der Waals surface area contributed by atoms with Gasteiger partial charge in [-0.2, -0.15) is 0 Å². The fraction of sp³-hybridized carbons (Fsp3) is 0.429. The summed E-state index contributed by atoms with van der Waals surface area (Å²) in [5.74, 6) is -3.14. The standard InChI is InChI=1S/C14H16FNO4/c1-8-7-9(14(19)20)5-6-16(8)13(18)12-10(15)3-2-4-11(12)17/h2-4,8-9,17H,5-7H2,1H3,(H,19,20). The first kappa shape index (κ1) is 14.3. The molecule has 2 unspecified atom stereocenters. The molecular weight excluding hydrogens is 265 g/mol. The zero-order valence-electron chi connectivity index (χ0n) is 11.0. The van der Waals surface area contributed by atoms with Crippen LogP contribution in [0, 0.1) is 11.7 Å². The van der Waals surface area contributed by atoms with E-state index in [2.05, 4.69) is 0 Å². The third kappa shape index (κ3) is 2.59. The lowest BCUT2D eigenvalue weighted by Gasteiger charge is -2.36. The van der Waals surface area contributed by atoms with E-state index in [0.717, 1.165) is 6.07 Å². The van der Waals surface area contributed by atoms with Crippen molar-refractivity contribution in [1.82, 2.24) is 4.90 Å². The van der Waals surface area contributed by atoms with Gasteiger partial charge in [0.05, 0.1) is 5.92 Å². The number of nitrogens with zero attached hydrogens (tertiary/aromatic N) is 1. The normalized spacial score (nSPS) is 22.6. The van der Waals surface area contributed by atoms with Crippen LogP contribution in [-0.2, 0) is 4.79 Å². The lowest BCUT2D eigenvalue weighted by Crippen LogP contribution is -2.46. The molecule has 0 radical (unpaired) electrons. The van der Waals surface area contributed by atoms with Crippen molar-refractivity contribution in [3.8, 4) is 5.75 Å². The monoisotopic (exact) mass is 281 g/mol. The number of phenols is 1. The Morgan fingerprint density at radius 2 is 2.10 bits per heavy atom. The third-order valence-corrected chi connectivity index (χ3v) is 3.69. The summed E-state index contributed by atoms with van der Waals surface area (Å²) in [4.78, 5) is 24.7. The molecule has 108 valence electrons. The minimum Gasteiger partial charge on any atom is -0.507 e. The van der Waals surface area contributed by atoms with Crippen LogP contribution in [0.5, 0.6) is 5.75 Å². The van der Waals surface area contributed by atoms with Gasteiger partial charge in [0, 0.05) is 12.6 Å². The number of likely N-dealkylation sites (tertiary alicyclic amines) is 1. The largest absolute Gasteiger partial charge is 0.507 e. The summed E-state index contributed by atoms with van der Waals surface area (Å²) >= 11 is 0. The molecule has 2 atom stereocenters. The van der Waals surface area contributed by atoms with E-state index >= 15 is 0 Å². The number of carboxylic acid groups (broad SMARTS) is 1. The number of benzene rings is 1. The van der Waals surface area contributed by atoms with Gasteiger partial charge in [0.25, 0.3) is 5.91 Å². The van der Waals surface area contributed by atoms with Gasteiger partial charge < -0.3 is 15.1 Å². The molecule has 0 aromatic heterocycles. The summed E-state index contributed by atoms with van der Waals surface area (Å²) in [5, 5.41) is 18.6. The van der Waals surface area contributed by atoms with Crippen molar-refractivity contribution in [1.29, 1.82) is 0 Å². The van der Waals surface area contributed by atoms with Crippen LogP contribution >= 0.6 is 0 Å². The molecule has 2 rings (SSSR count). The van der Waals surface area contributed by atoms with Crippen molar-refractivity contribution < 1.29 is 24.2 Å². The molecule has 0 aliphatic carbocycles. The molecule has 20 heavy (non-hydrogen) atoms. The predicted molar refractivity (Wildman–Crippen MR) is 68.9 cm³/mol. The molecule has 2 N–H and O–H groups in total. The van der Waals surface area contributed by atoms with Crippen LogP contribution in [-0.4, -0.2) is 39.6 Å². The van der Waals surface area contributed by atoms with Gasteiger partial charge in [0.1, 0.15) is 17.1 Å². The number of hydrogen-bond donors (Lipinski definition) is 2. The fourth-order valence-electron chi connectivity index (χ4n) is 2.57. The number of halogens is 1. The van der Waals surface area contributed by atoms with Gasteiger partial charge in [0.2, 0.25) is 0 Å². The highest BCUT2D eigenvalue weighted by Crippen LogP contribution is 2.28. The van der Waals surface area contributed by atoms with Crippen LogP contribution < -0.4 is 0 Å². The topological polar surface area (TPSA) is 77.8 Å². The lowest BCUT2D eigenvalue weighted by atomic mass is 9.91. The number of carboxylic acids is 1. The maximum absolute atomic E-state index is 13.7. The van der Waals surface area contributed by atoms with Gasteiger partial charge in [-0.15, -0.1) is 0 Å². The summed E-state index contributed by atoms with van der Waals surface area (Å²) < 4.78 is 13.7. The van der Waals surface area contributed by atoms with Crippen LogP contribution in [0.2, 0.25) is 0 Å². The molecule has 0 saturated carbocycles. The Morgan fingerprint density at radius 1 is 1.40 bits per heavy atom. The molecule has 0 bridgehead atoms. The second-order valence-electron chi connectivity index (χ2n) is 5.04. The summed E-state index contributed by atoms with van der Waals surface area (Å²) in [5.41, 5.74) is -0.354. The van der Waals surface area contributed by atoms with E-state index in [1.54, 1.807) is 6.92 Å². The first-order valence-corrected chi connectivity index (χ1v) is 6.43. The van der Waals surface area contributed by atoms with Crippen molar-refractivity contribution in [3.63, 3.8) is 0 Å². The average Bonchev–Trinajstić information content (AvgIpc) is 2.38. The first-order chi connectivity index (χ1) is 9.41. The van der Waals surface area contributed by atoms with E-state index in [-0.39, 0.29) is 18.2 Å². The molecule has 1 aromatic rings. The first-order valence-electron chi connectivity index (χ1n) is 6.43. The SMILES string of the molecule is CC1CC(C(=O)O)CCN1C(=O)c1c(O)cccc1F. The number of carbonyl (C=O) groups excluding carboxylic acids is 1. The quantitative estimate of drug-likeness (QED) is 0.867. The predicted octanol–water partition coefficient (Wildman–Crippen LogP) is 1.86. The maximum Gasteiger partial charge on any atom is 0.306 e. The summed E-state index contributed by atoms with van der Waals surface area (Å²) in [6, 6.07) is 3.38. The van der Waals surface area contributed by atoms with E-state index in [1.807, 2.05) is 0 Å². The Balaban J connectivity index is 2.20. The second-order valence-corrected chi connectivity index (χ2v) is 5.04. The molecule has 1 aliphatic heterocycles. The molecule has 5 nitrogen and oxygen atoms in total. The summed E-state index contributed by atoms with van der Waals surface area (Å²) in [6.07, 6.45) is 0.664. The molecule has 1 heterocycles. The third-order valence-electron chi connectivity index (χ3n) is 3.69. The van der Waals surface area contributed by atoms with Crippen LogP contribution in [0.4, 0.5) is 4.39 Å². The second kappa shape index (κ2) is 5.48. The molecule has 1 fully saturated rings. The van der Waals surface area contributed by atoms with Crippen LogP contribution in [0.1, 0.15) is 30.1 Å². The van der Waals surface area contributed by atoms with Crippen molar-refractivity contribution in [2.45, 2.75) is 25.8 Å². The Morgan fingerprint density at radius 3 is 2.65 bits per heavy atom. The highest BCUT2D eigenvalue weighted by Gasteiger charge is 2.34. The van der Waals surface area contributed by atoms with Crippen molar-refractivity contribution in [2.24, 2.45) is 5.92 Å². The molecule has 1 amide bonds. The van der Waals surface area contributed by atoms with E-state index in [1.165, 1.54) is 17.0 Å². The Labute approximate surface area is 115 Å². The Kier molecular flexibility index (Phi) is 3.92. The zero-order chi connectivity index (χ0) is 14.9. The number of aromatic hydroxyl groups is 1. The van der Waals surface area contributed by atoms with Crippen molar-refractivity contribution in [2.75, 3.05) is 6.54 Å². The average molecular weight is 281 g/mol. The number of piperidine rings is 1. The summed E-state index contributed by atoms with van der Waals surface area (Å²) in [7, 11) is 0. The molecule has 0 spiro atoms. The molecule has 1 aliphatic rings. The zero-order valence-corrected chi connectivity index (χ0v) is 11.0. The van der Waals surface area contributed by atoms with Gasteiger partial charge in [-0.1, -0.05) is 6.07 Å². The van der Waals surface area contributed by atoms with Crippen LogP contribution in [0.25, 0.3) is 0 Å². The van der Waals surface area contributed by atoms with E-state index in [4.69, 9.17) is 5.11 Å². The van der Waals surface area contributed by atoms with E-state index in [9.17, 15) is 19.1 Å². The number of carbonyl (C=O) groups is 2. The number of phenolic OH excluding ortho intramolecular Hbond substituents is 1. The van der Waals surface area contributed by atoms with Crippen LogP contribution in [0.15, 0.2) is 18.2 Å². The van der Waals surface area contributed by atoms with Gasteiger partial charge in [-0.3, -0.25) is 9.59 Å². The highest BCUT2D eigenvalue weighted by molar-refractivity contribution is 5.97. The minimum atomic E-state index is -0.877. The van der Waals surface area contributed by atoms with Crippen LogP contribution in [0.3, 0.4) is 0 Å². The Bertz CT molecular complexity index is 526. The van der Waals surface area contributed by atoms with Crippen molar-refractivity contribution in [3.05, 3.63) is 29.6 Å². The fourth-order valence-corrected chi connectivity index (χ4v) is 2.57. The molecule has 1 aromatic carbocycles. The van der Waals surface area contributed by atoms with Gasteiger partial charge in [0.15, 0.2) is 0 Å². The summed E-state index contributed by atoms with van der Waals surface area (Å²) in [6.45, 7) is 1.97. The minimum absolute atomic E-state index is 0.241. The van der Waals surface area contributed by atoms with Gasteiger partial charge >= 0.3 is 5.97 Å². The molecule has 1 saturated heterocycles. The van der Waals surface area contributed by atoms with Crippen molar-refractivity contribution >= 4 is 11.9 Å². The molecular formula is C14H16FNO4. The maximum atomic E-state index is 13.7. The number of hydrogen-bond acceptors (Lipinski definition) is 3.